The number of likely N-dealkylation sites (tertiary alicyclic amines) is 1. The summed E-state index contributed by atoms with van der Waals surface area (Å²) in [6.45, 7) is 1.78. The van der Waals surface area contributed by atoms with E-state index in [1.165, 1.54) is 0 Å². The molecule has 0 bridgehead atoms. The predicted molar refractivity (Wildman–Crippen MR) is 82.6 cm³/mol. The number of nitrogens with zero attached hydrogens (tertiary/aromatic N) is 4. The van der Waals surface area contributed by atoms with E-state index < -0.39 is 0 Å². The number of hydrogen-bond acceptors (Lipinski definition) is 3. The maximum absolute atomic E-state index is 12.7. The lowest BCUT2D eigenvalue weighted by Crippen LogP contribution is -2.28. The number of aromatic nitrogens is 3. The number of benzene rings is 1. The summed E-state index contributed by atoms with van der Waals surface area (Å²) in [6.07, 6.45) is 10.0. The van der Waals surface area contributed by atoms with Crippen LogP contribution in [0, 0.1) is 11.8 Å². The molecule has 5 nitrogen and oxygen atoms in total. The van der Waals surface area contributed by atoms with Crippen molar-refractivity contribution in [3.63, 3.8) is 0 Å². The molecular weight excluding hydrogens is 276 g/mol. The van der Waals surface area contributed by atoms with Gasteiger partial charge in [0.15, 0.2) is 0 Å². The highest BCUT2D eigenvalue weighted by Gasteiger charge is 2.35. The van der Waals surface area contributed by atoms with E-state index >= 15 is 0 Å². The Hall–Kier alpha value is -2.43. The molecule has 2 aromatic rings. The summed E-state index contributed by atoms with van der Waals surface area (Å²) in [7, 11) is 0. The monoisotopic (exact) mass is 294 g/mol. The fourth-order valence-electron chi connectivity index (χ4n) is 3.47. The van der Waals surface area contributed by atoms with Gasteiger partial charge in [-0.25, -0.2) is 0 Å². The molecule has 1 aliphatic heterocycles. The minimum Gasteiger partial charge on any atom is -0.338 e. The molecule has 2 atom stereocenters. The highest BCUT2D eigenvalue weighted by atomic mass is 16.2. The van der Waals surface area contributed by atoms with Crippen molar-refractivity contribution in [1.29, 1.82) is 0 Å². The van der Waals surface area contributed by atoms with Gasteiger partial charge in [-0.05, 0) is 48.9 Å². The van der Waals surface area contributed by atoms with Crippen LogP contribution in [0.4, 0.5) is 0 Å². The van der Waals surface area contributed by atoms with Gasteiger partial charge in [0.1, 0.15) is 12.7 Å². The lowest BCUT2D eigenvalue weighted by atomic mass is 9.86. The van der Waals surface area contributed by atoms with Gasteiger partial charge in [0.2, 0.25) is 0 Å². The summed E-state index contributed by atoms with van der Waals surface area (Å²) in [5.41, 5.74) is 1.71. The van der Waals surface area contributed by atoms with Gasteiger partial charge in [0.05, 0.1) is 0 Å². The maximum Gasteiger partial charge on any atom is 0.253 e. The summed E-state index contributed by atoms with van der Waals surface area (Å²) in [5, 5.41) is 7.58. The van der Waals surface area contributed by atoms with Crippen LogP contribution in [0.1, 0.15) is 23.2 Å². The third-order valence-corrected chi connectivity index (χ3v) is 4.74. The molecule has 2 aliphatic rings. The SMILES string of the molecule is O=C(c1ccc(-n2cnnc2)cc1)N1C[C@H]2CC=CC[C@H]2C1. The number of amides is 1. The molecule has 112 valence electrons. The van der Waals surface area contributed by atoms with E-state index in [0.717, 1.165) is 37.2 Å². The van der Waals surface area contributed by atoms with Gasteiger partial charge in [0.25, 0.3) is 5.91 Å². The van der Waals surface area contributed by atoms with Crippen LogP contribution in [0.15, 0.2) is 49.1 Å². The van der Waals surface area contributed by atoms with Crippen LogP contribution in [-0.4, -0.2) is 38.7 Å². The fraction of sp³-hybridized carbons (Fsp3) is 0.353. The van der Waals surface area contributed by atoms with Crippen molar-refractivity contribution >= 4 is 5.91 Å². The number of fused-ring (bicyclic) bond motifs is 1. The number of hydrogen-bond donors (Lipinski definition) is 0. The lowest BCUT2D eigenvalue weighted by Gasteiger charge is -2.17. The second-order valence-electron chi connectivity index (χ2n) is 6.09. The average molecular weight is 294 g/mol. The molecule has 0 saturated carbocycles. The first-order chi connectivity index (χ1) is 10.8. The van der Waals surface area contributed by atoms with Gasteiger partial charge >= 0.3 is 0 Å². The Labute approximate surface area is 129 Å². The molecule has 0 N–H and O–H groups in total. The molecule has 1 fully saturated rings. The van der Waals surface area contributed by atoms with Crippen molar-refractivity contribution in [2.75, 3.05) is 13.1 Å². The first-order valence-corrected chi connectivity index (χ1v) is 7.70. The molecule has 5 heteroatoms. The number of rotatable bonds is 2. The quantitative estimate of drug-likeness (QED) is 0.799. The summed E-state index contributed by atoms with van der Waals surface area (Å²) < 4.78 is 1.82. The van der Waals surface area contributed by atoms with Crippen molar-refractivity contribution in [3.8, 4) is 5.69 Å². The van der Waals surface area contributed by atoms with Crippen molar-refractivity contribution in [3.05, 3.63) is 54.6 Å². The summed E-state index contributed by atoms with van der Waals surface area (Å²) in [4.78, 5) is 14.7. The van der Waals surface area contributed by atoms with E-state index in [9.17, 15) is 4.79 Å². The molecule has 0 radical (unpaired) electrons. The van der Waals surface area contributed by atoms with E-state index in [-0.39, 0.29) is 5.91 Å². The maximum atomic E-state index is 12.7. The average Bonchev–Trinajstić information content (AvgIpc) is 3.23. The van der Waals surface area contributed by atoms with Gasteiger partial charge in [0, 0.05) is 24.3 Å². The zero-order valence-electron chi connectivity index (χ0n) is 12.3. The Kier molecular flexibility index (Phi) is 3.25. The van der Waals surface area contributed by atoms with Crippen LogP contribution >= 0.6 is 0 Å². The number of carbonyl (C=O) groups is 1. The fourth-order valence-corrected chi connectivity index (χ4v) is 3.47. The number of carbonyl (C=O) groups excluding carboxylic acids is 1. The zero-order chi connectivity index (χ0) is 14.9. The Morgan fingerprint density at radius 1 is 0.955 bits per heavy atom. The zero-order valence-corrected chi connectivity index (χ0v) is 12.3. The van der Waals surface area contributed by atoms with Gasteiger partial charge in [-0.15, -0.1) is 10.2 Å². The summed E-state index contributed by atoms with van der Waals surface area (Å²) in [6, 6.07) is 7.64. The lowest BCUT2D eigenvalue weighted by molar-refractivity contribution is 0.0784. The predicted octanol–water partition coefficient (Wildman–Crippen LogP) is 2.31. The van der Waals surface area contributed by atoms with Gasteiger partial charge in [-0.3, -0.25) is 9.36 Å². The normalized spacial score (nSPS) is 23.5. The molecule has 1 amide bonds. The van der Waals surface area contributed by atoms with Crippen LogP contribution in [0.5, 0.6) is 0 Å². The largest absolute Gasteiger partial charge is 0.338 e. The Bertz CT molecular complexity index is 674. The van der Waals surface area contributed by atoms with E-state index in [1.807, 2.05) is 33.7 Å². The van der Waals surface area contributed by atoms with Crippen molar-refractivity contribution in [2.24, 2.45) is 11.8 Å². The van der Waals surface area contributed by atoms with E-state index in [4.69, 9.17) is 0 Å². The smallest absolute Gasteiger partial charge is 0.253 e. The van der Waals surface area contributed by atoms with Crippen LogP contribution < -0.4 is 0 Å². The second-order valence-corrected chi connectivity index (χ2v) is 6.09. The van der Waals surface area contributed by atoms with Crippen LogP contribution in [-0.2, 0) is 0 Å². The molecule has 0 spiro atoms. The van der Waals surface area contributed by atoms with Gasteiger partial charge in [-0.2, -0.15) is 0 Å². The van der Waals surface area contributed by atoms with E-state index in [2.05, 4.69) is 22.3 Å². The summed E-state index contributed by atoms with van der Waals surface area (Å²) >= 11 is 0. The molecule has 4 rings (SSSR count). The van der Waals surface area contributed by atoms with Crippen molar-refractivity contribution in [2.45, 2.75) is 12.8 Å². The van der Waals surface area contributed by atoms with Gasteiger partial charge < -0.3 is 4.90 Å². The van der Waals surface area contributed by atoms with E-state index in [0.29, 0.717) is 11.8 Å². The number of allylic oxidation sites excluding steroid dienone is 2. The highest BCUT2D eigenvalue weighted by molar-refractivity contribution is 5.94. The molecule has 1 aromatic heterocycles. The molecule has 0 unspecified atom stereocenters. The molecule has 1 saturated heterocycles. The molecular formula is C17H18N4O. The first-order valence-electron chi connectivity index (χ1n) is 7.70. The standard InChI is InChI=1S/C17H18N4O/c22-17(20-9-14-3-1-2-4-15(14)10-20)13-5-7-16(8-6-13)21-11-18-19-12-21/h1-2,5-8,11-12,14-15H,3-4,9-10H2/t14-,15+. The van der Waals surface area contributed by atoms with Gasteiger partial charge in [-0.1, -0.05) is 12.2 Å². The molecule has 1 aromatic carbocycles. The van der Waals surface area contributed by atoms with Crippen LogP contribution in [0.25, 0.3) is 5.69 Å². The minimum absolute atomic E-state index is 0.143. The Balaban J connectivity index is 1.49. The summed E-state index contributed by atoms with van der Waals surface area (Å²) in [5.74, 6) is 1.43. The van der Waals surface area contributed by atoms with Crippen molar-refractivity contribution < 1.29 is 4.79 Å². The highest BCUT2D eigenvalue weighted by Crippen LogP contribution is 2.33. The van der Waals surface area contributed by atoms with E-state index in [1.54, 1.807) is 12.7 Å². The molecule has 2 heterocycles. The topological polar surface area (TPSA) is 51.0 Å². The first kappa shape index (κ1) is 13.2. The molecule has 22 heavy (non-hydrogen) atoms. The van der Waals surface area contributed by atoms with Crippen molar-refractivity contribution in [1.82, 2.24) is 19.7 Å². The Morgan fingerprint density at radius 2 is 1.55 bits per heavy atom. The minimum atomic E-state index is 0.143. The second kappa shape index (κ2) is 5.40. The third-order valence-electron chi connectivity index (χ3n) is 4.74. The van der Waals surface area contributed by atoms with Crippen LogP contribution in [0.2, 0.25) is 0 Å². The molecule has 1 aliphatic carbocycles. The third kappa shape index (κ3) is 2.32. The Morgan fingerprint density at radius 3 is 2.14 bits per heavy atom. The van der Waals surface area contributed by atoms with Crippen LogP contribution in [0.3, 0.4) is 0 Å².